The predicted octanol–water partition coefficient (Wildman–Crippen LogP) is 3.54. The van der Waals surface area contributed by atoms with Gasteiger partial charge in [0.25, 0.3) is 0 Å². The molecule has 0 saturated carbocycles. The summed E-state index contributed by atoms with van der Waals surface area (Å²) in [7, 11) is 0. The van der Waals surface area contributed by atoms with Gasteiger partial charge in [0.15, 0.2) is 11.6 Å². The molecule has 0 saturated heterocycles. The number of rotatable bonds is 4. The number of nitrogens with one attached hydrogen (secondary N) is 1. The fourth-order valence-electron chi connectivity index (χ4n) is 1.28. The lowest BCUT2D eigenvalue weighted by molar-refractivity contribution is 0.438. The molecule has 17 heavy (non-hydrogen) atoms. The lowest BCUT2D eigenvalue weighted by atomic mass is 9.98. The van der Waals surface area contributed by atoms with Gasteiger partial charge in [-0.05, 0) is 24.0 Å². The SMILES string of the molecule is CC(C)C(C)CNc1ccc(C#N)c(F)c1F. The fraction of sp³-hybridized carbons (Fsp3) is 0.462. The smallest absolute Gasteiger partial charge is 0.183 e. The fourth-order valence-corrected chi connectivity index (χ4v) is 1.28. The van der Waals surface area contributed by atoms with Gasteiger partial charge >= 0.3 is 0 Å². The lowest BCUT2D eigenvalue weighted by Crippen LogP contribution is -2.17. The largest absolute Gasteiger partial charge is 0.382 e. The van der Waals surface area contributed by atoms with Crippen LogP contribution in [0.2, 0.25) is 0 Å². The summed E-state index contributed by atoms with van der Waals surface area (Å²) in [6.07, 6.45) is 0. The monoisotopic (exact) mass is 238 g/mol. The molecule has 0 aliphatic carbocycles. The van der Waals surface area contributed by atoms with E-state index < -0.39 is 11.6 Å². The number of halogens is 2. The van der Waals surface area contributed by atoms with E-state index in [0.29, 0.717) is 18.4 Å². The molecule has 0 fully saturated rings. The zero-order chi connectivity index (χ0) is 13.0. The molecule has 92 valence electrons. The second-order valence-corrected chi connectivity index (χ2v) is 4.50. The Morgan fingerprint density at radius 3 is 2.41 bits per heavy atom. The van der Waals surface area contributed by atoms with Crippen molar-refractivity contribution in [3.05, 3.63) is 29.3 Å². The van der Waals surface area contributed by atoms with E-state index in [4.69, 9.17) is 5.26 Å². The van der Waals surface area contributed by atoms with E-state index in [1.807, 2.05) is 6.92 Å². The number of benzene rings is 1. The first kappa shape index (κ1) is 13.4. The first-order valence-corrected chi connectivity index (χ1v) is 5.59. The number of nitrogens with zero attached hydrogens (tertiary/aromatic N) is 1. The van der Waals surface area contributed by atoms with Crippen molar-refractivity contribution in [2.45, 2.75) is 20.8 Å². The molecule has 1 aromatic carbocycles. The molecule has 0 aliphatic heterocycles. The topological polar surface area (TPSA) is 35.8 Å². The Bertz CT molecular complexity index is 436. The van der Waals surface area contributed by atoms with Crippen LogP contribution in [0.15, 0.2) is 12.1 Å². The highest BCUT2D eigenvalue weighted by molar-refractivity contribution is 5.49. The molecule has 0 spiro atoms. The Morgan fingerprint density at radius 1 is 1.24 bits per heavy atom. The summed E-state index contributed by atoms with van der Waals surface area (Å²) < 4.78 is 26.8. The summed E-state index contributed by atoms with van der Waals surface area (Å²) >= 11 is 0. The maximum absolute atomic E-state index is 13.5. The van der Waals surface area contributed by atoms with Gasteiger partial charge in [-0.3, -0.25) is 0 Å². The van der Waals surface area contributed by atoms with Crippen LogP contribution in [0.1, 0.15) is 26.3 Å². The van der Waals surface area contributed by atoms with Gasteiger partial charge in [-0.1, -0.05) is 20.8 Å². The molecule has 0 radical (unpaired) electrons. The normalized spacial score (nSPS) is 12.3. The second-order valence-electron chi connectivity index (χ2n) is 4.50. The molecular weight excluding hydrogens is 222 g/mol. The highest BCUT2D eigenvalue weighted by Gasteiger charge is 2.14. The minimum absolute atomic E-state index is 0.106. The minimum Gasteiger partial charge on any atom is -0.382 e. The zero-order valence-corrected chi connectivity index (χ0v) is 10.2. The summed E-state index contributed by atoms with van der Waals surface area (Å²) in [6, 6.07) is 4.28. The van der Waals surface area contributed by atoms with Crippen molar-refractivity contribution in [2.24, 2.45) is 11.8 Å². The van der Waals surface area contributed by atoms with Crippen LogP contribution in [0.4, 0.5) is 14.5 Å². The number of nitriles is 1. The van der Waals surface area contributed by atoms with Crippen LogP contribution in [0.25, 0.3) is 0 Å². The highest BCUT2D eigenvalue weighted by atomic mass is 19.2. The molecular formula is C13H16F2N2. The van der Waals surface area contributed by atoms with Gasteiger partial charge in [0.1, 0.15) is 6.07 Å². The molecule has 0 aromatic heterocycles. The Labute approximate surface area is 100 Å². The average Bonchev–Trinajstić information content (AvgIpc) is 2.30. The van der Waals surface area contributed by atoms with Gasteiger partial charge in [-0.25, -0.2) is 8.78 Å². The molecule has 1 atom stereocenters. The third kappa shape index (κ3) is 3.16. The van der Waals surface area contributed by atoms with Crippen LogP contribution < -0.4 is 5.32 Å². The van der Waals surface area contributed by atoms with E-state index in [9.17, 15) is 8.78 Å². The van der Waals surface area contributed by atoms with Crippen LogP contribution in [-0.4, -0.2) is 6.54 Å². The van der Waals surface area contributed by atoms with E-state index >= 15 is 0 Å². The minimum atomic E-state index is -1.09. The molecule has 0 bridgehead atoms. The van der Waals surface area contributed by atoms with Crippen LogP contribution in [-0.2, 0) is 0 Å². The first-order valence-electron chi connectivity index (χ1n) is 5.59. The summed E-state index contributed by atoms with van der Waals surface area (Å²) in [6.45, 7) is 6.75. The third-order valence-corrected chi connectivity index (χ3v) is 2.96. The molecule has 1 N–H and O–H groups in total. The quantitative estimate of drug-likeness (QED) is 0.870. The molecule has 0 aliphatic rings. The number of hydrogen-bond acceptors (Lipinski definition) is 2. The Balaban J connectivity index is 2.81. The van der Waals surface area contributed by atoms with Gasteiger partial charge in [0.2, 0.25) is 0 Å². The van der Waals surface area contributed by atoms with Gasteiger partial charge < -0.3 is 5.32 Å². The number of hydrogen-bond donors (Lipinski definition) is 1. The molecule has 0 heterocycles. The van der Waals surface area contributed by atoms with E-state index in [-0.39, 0.29) is 11.3 Å². The van der Waals surface area contributed by atoms with Gasteiger partial charge in [-0.15, -0.1) is 0 Å². The average molecular weight is 238 g/mol. The predicted molar refractivity (Wildman–Crippen MR) is 63.6 cm³/mol. The van der Waals surface area contributed by atoms with Crippen molar-refractivity contribution in [2.75, 3.05) is 11.9 Å². The van der Waals surface area contributed by atoms with Crippen LogP contribution in [0.3, 0.4) is 0 Å². The number of anilines is 1. The summed E-state index contributed by atoms with van der Waals surface area (Å²) in [5.74, 6) is -1.25. The zero-order valence-electron chi connectivity index (χ0n) is 10.2. The second kappa shape index (κ2) is 5.62. The molecule has 2 nitrogen and oxygen atoms in total. The van der Waals surface area contributed by atoms with Gasteiger partial charge in [0, 0.05) is 6.54 Å². The van der Waals surface area contributed by atoms with Crippen LogP contribution in [0.5, 0.6) is 0 Å². The maximum atomic E-state index is 13.5. The Morgan fingerprint density at radius 2 is 1.88 bits per heavy atom. The summed E-state index contributed by atoms with van der Waals surface area (Å²) in [5.41, 5.74) is -0.168. The van der Waals surface area contributed by atoms with Crippen LogP contribution in [0, 0.1) is 34.8 Å². The first-order chi connectivity index (χ1) is 7.97. The Kier molecular flexibility index (Phi) is 4.45. The van der Waals surface area contributed by atoms with Crippen molar-refractivity contribution in [1.29, 1.82) is 5.26 Å². The summed E-state index contributed by atoms with van der Waals surface area (Å²) in [4.78, 5) is 0. The van der Waals surface area contributed by atoms with Gasteiger partial charge in [0.05, 0.1) is 11.3 Å². The third-order valence-electron chi connectivity index (χ3n) is 2.96. The van der Waals surface area contributed by atoms with E-state index in [2.05, 4.69) is 19.2 Å². The van der Waals surface area contributed by atoms with Crippen LogP contribution >= 0.6 is 0 Å². The Hall–Kier alpha value is -1.63. The van der Waals surface area contributed by atoms with Crippen molar-refractivity contribution in [1.82, 2.24) is 0 Å². The van der Waals surface area contributed by atoms with Gasteiger partial charge in [-0.2, -0.15) is 5.26 Å². The summed E-state index contributed by atoms with van der Waals surface area (Å²) in [5, 5.41) is 11.4. The van der Waals surface area contributed by atoms with Crippen molar-refractivity contribution in [3.63, 3.8) is 0 Å². The van der Waals surface area contributed by atoms with Crippen molar-refractivity contribution < 1.29 is 8.78 Å². The highest BCUT2D eigenvalue weighted by Crippen LogP contribution is 2.21. The van der Waals surface area contributed by atoms with Crippen molar-refractivity contribution in [3.8, 4) is 6.07 Å². The van der Waals surface area contributed by atoms with Crippen molar-refractivity contribution >= 4 is 5.69 Å². The van der Waals surface area contributed by atoms with E-state index in [1.165, 1.54) is 12.1 Å². The molecule has 1 aromatic rings. The van der Waals surface area contributed by atoms with E-state index in [0.717, 1.165) is 0 Å². The standard InChI is InChI=1S/C13H16F2N2/c1-8(2)9(3)7-17-11-5-4-10(6-16)12(14)13(11)15/h4-5,8-9,17H,7H2,1-3H3. The molecule has 1 unspecified atom stereocenters. The molecule has 4 heteroatoms. The maximum Gasteiger partial charge on any atom is 0.183 e. The lowest BCUT2D eigenvalue weighted by Gasteiger charge is -2.17. The molecule has 0 amide bonds. The molecule has 1 rings (SSSR count). The van der Waals surface area contributed by atoms with E-state index in [1.54, 1.807) is 6.07 Å².